The van der Waals surface area contributed by atoms with Crippen LogP contribution in [0.25, 0.3) is 0 Å². The molecule has 4 aliphatic rings. The Bertz CT molecular complexity index is 740. The minimum Gasteiger partial charge on any atom is -0.393 e. The van der Waals surface area contributed by atoms with E-state index in [1.54, 1.807) is 0 Å². The van der Waals surface area contributed by atoms with Crippen molar-refractivity contribution in [3.05, 3.63) is 35.9 Å². The lowest BCUT2D eigenvalue weighted by Crippen LogP contribution is -2.73. The number of piperidine rings is 1. The molecule has 0 radical (unpaired) electrons. The largest absolute Gasteiger partial charge is 0.393 e. The normalized spacial score (nSPS) is 34.8. The van der Waals surface area contributed by atoms with Gasteiger partial charge in [-0.3, -0.25) is 9.80 Å². The lowest BCUT2D eigenvalue weighted by molar-refractivity contribution is -0.0921. The Morgan fingerprint density at radius 1 is 1.03 bits per heavy atom. The van der Waals surface area contributed by atoms with E-state index in [4.69, 9.17) is 0 Å². The van der Waals surface area contributed by atoms with E-state index in [0.29, 0.717) is 30.5 Å². The van der Waals surface area contributed by atoms with E-state index in [-0.39, 0.29) is 11.6 Å². The summed E-state index contributed by atoms with van der Waals surface area (Å²) in [5, 5.41) is 23.2. The van der Waals surface area contributed by atoms with Crippen LogP contribution >= 0.6 is 0 Å². The van der Waals surface area contributed by atoms with E-state index in [0.717, 1.165) is 51.9 Å². The third-order valence-corrected chi connectivity index (χ3v) is 8.22. The lowest BCUT2D eigenvalue weighted by Gasteiger charge is -2.59. The molecule has 2 heterocycles. The summed E-state index contributed by atoms with van der Waals surface area (Å²) in [4.78, 5) is 5.21. The summed E-state index contributed by atoms with van der Waals surface area (Å²) in [6.07, 6.45) is 8.32. The summed E-state index contributed by atoms with van der Waals surface area (Å²) in [7, 11) is 0. The van der Waals surface area contributed by atoms with Crippen LogP contribution in [0.15, 0.2) is 30.3 Å². The van der Waals surface area contributed by atoms with Gasteiger partial charge in [0.1, 0.15) is 0 Å². The predicted molar refractivity (Wildman–Crippen MR) is 118 cm³/mol. The number of rotatable bonds is 6. The van der Waals surface area contributed by atoms with E-state index in [2.05, 4.69) is 51.5 Å². The quantitative estimate of drug-likeness (QED) is 0.758. The minimum atomic E-state index is -0.0918. The fraction of sp³-hybridized carbons (Fsp3) is 0.720. The molecule has 5 rings (SSSR count). The molecule has 0 amide bonds. The summed E-state index contributed by atoms with van der Waals surface area (Å²) in [5.74, 6) is 0.698. The summed E-state index contributed by atoms with van der Waals surface area (Å²) >= 11 is 0. The highest BCUT2D eigenvalue weighted by molar-refractivity contribution is 5.27. The first kappa shape index (κ1) is 20.5. The summed E-state index contributed by atoms with van der Waals surface area (Å²) in [5.41, 5.74) is 1.55. The van der Waals surface area contributed by atoms with Gasteiger partial charge in [-0.25, -0.2) is 0 Å². The second-order valence-corrected chi connectivity index (χ2v) is 10.2. The maximum Gasteiger partial charge on any atom is 0.0642 e. The number of aliphatic hydroxyl groups is 1. The second-order valence-electron chi connectivity index (χ2n) is 10.2. The molecule has 1 aromatic carbocycles. The predicted octanol–water partition coefficient (Wildman–Crippen LogP) is 2.87. The highest BCUT2D eigenvalue weighted by atomic mass is 16.3. The average molecular weight is 409 g/mol. The van der Waals surface area contributed by atoms with Crippen LogP contribution in [0.4, 0.5) is 0 Å². The standard InChI is InChI=1S/C25H36N4O/c26-13-12-25(17-28(18-25)21-6-8-22(30)9-7-21)29-14-10-20(11-15-29)27-24-16-23(24)19-4-2-1-3-5-19/h1-5,20-24,27,30H,6-12,14-18H2/t21?,22?,23?,24-/m1/s1. The van der Waals surface area contributed by atoms with Crippen LogP contribution in [0.1, 0.15) is 62.8 Å². The van der Waals surface area contributed by atoms with Crippen molar-refractivity contribution in [2.75, 3.05) is 26.2 Å². The number of benzene rings is 1. The van der Waals surface area contributed by atoms with Gasteiger partial charge in [0.05, 0.1) is 24.1 Å². The number of aliphatic hydroxyl groups excluding tert-OH is 1. The Balaban J connectivity index is 1.10. The zero-order valence-corrected chi connectivity index (χ0v) is 18.0. The first-order chi connectivity index (χ1) is 14.7. The van der Waals surface area contributed by atoms with Gasteiger partial charge in [-0.15, -0.1) is 0 Å². The van der Waals surface area contributed by atoms with Crippen LogP contribution in [-0.4, -0.2) is 70.9 Å². The zero-order chi connectivity index (χ0) is 20.6. The molecule has 2 aliphatic heterocycles. The van der Waals surface area contributed by atoms with Gasteiger partial charge < -0.3 is 10.4 Å². The van der Waals surface area contributed by atoms with Crippen molar-refractivity contribution in [2.45, 2.75) is 87.1 Å². The van der Waals surface area contributed by atoms with Crippen LogP contribution in [0.5, 0.6) is 0 Å². The molecule has 5 heteroatoms. The van der Waals surface area contributed by atoms with Crippen molar-refractivity contribution in [2.24, 2.45) is 0 Å². The topological polar surface area (TPSA) is 62.5 Å². The molecule has 0 aromatic heterocycles. The molecule has 2 saturated heterocycles. The number of nitriles is 1. The van der Waals surface area contributed by atoms with Gasteiger partial charge in [0.2, 0.25) is 0 Å². The van der Waals surface area contributed by atoms with Crippen molar-refractivity contribution < 1.29 is 5.11 Å². The summed E-state index contributed by atoms with van der Waals surface area (Å²) < 4.78 is 0. The maximum absolute atomic E-state index is 9.79. The molecule has 0 bridgehead atoms. The van der Waals surface area contributed by atoms with Gasteiger partial charge in [0.15, 0.2) is 0 Å². The lowest BCUT2D eigenvalue weighted by atomic mass is 9.79. The highest BCUT2D eigenvalue weighted by Gasteiger charge is 2.50. The number of likely N-dealkylation sites (tertiary alicyclic amines) is 2. The van der Waals surface area contributed by atoms with E-state index < -0.39 is 0 Å². The van der Waals surface area contributed by atoms with E-state index >= 15 is 0 Å². The number of hydrogen-bond acceptors (Lipinski definition) is 5. The molecule has 1 aromatic rings. The number of nitrogens with one attached hydrogen (secondary N) is 1. The molecule has 4 fully saturated rings. The molecule has 2 atom stereocenters. The van der Waals surface area contributed by atoms with Crippen molar-refractivity contribution >= 4 is 0 Å². The third kappa shape index (κ3) is 4.16. The Kier molecular flexibility index (Phi) is 5.86. The molecule has 1 unspecified atom stereocenters. The highest BCUT2D eigenvalue weighted by Crippen LogP contribution is 2.42. The van der Waals surface area contributed by atoms with Crippen LogP contribution < -0.4 is 5.32 Å². The average Bonchev–Trinajstić information content (AvgIpc) is 3.52. The fourth-order valence-electron chi connectivity index (χ4n) is 6.23. The molecule has 162 valence electrons. The monoisotopic (exact) mass is 408 g/mol. The molecule has 30 heavy (non-hydrogen) atoms. The Hall–Kier alpha value is -1.45. The Morgan fingerprint density at radius 3 is 2.40 bits per heavy atom. The third-order valence-electron chi connectivity index (χ3n) is 8.22. The molecule has 2 N–H and O–H groups in total. The van der Waals surface area contributed by atoms with Crippen molar-refractivity contribution in [1.29, 1.82) is 5.26 Å². The van der Waals surface area contributed by atoms with Gasteiger partial charge in [0, 0.05) is 50.2 Å². The van der Waals surface area contributed by atoms with Gasteiger partial charge >= 0.3 is 0 Å². The smallest absolute Gasteiger partial charge is 0.0642 e. The van der Waals surface area contributed by atoms with Gasteiger partial charge in [0.25, 0.3) is 0 Å². The molecular weight excluding hydrogens is 372 g/mol. The van der Waals surface area contributed by atoms with Crippen LogP contribution in [0.3, 0.4) is 0 Å². The van der Waals surface area contributed by atoms with E-state index in [9.17, 15) is 10.4 Å². The second kappa shape index (κ2) is 8.59. The van der Waals surface area contributed by atoms with Crippen LogP contribution in [0, 0.1) is 11.3 Å². The van der Waals surface area contributed by atoms with Crippen molar-refractivity contribution in [1.82, 2.24) is 15.1 Å². The van der Waals surface area contributed by atoms with E-state index in [1.165, 1.54) is 24.8 Å². The molecule has 2 saturated carbocycles. The first-order valence-corrected chi connectivity index (χ1v) is 12.0. The molecule has 2 aliphatic carbocycles. The Morgan fingerprint density at radius 2 is 1.73 bits per heavy atom. The number of hydrogen-bond donors (Lipinski definition) is 2. The van der Waals surface area contributed by atoms with Crippen LogP contribution in [-0.2, 0) is 0 Å². The molecular formula is C25H36N4O. The van der Waals surface area contributed by atoms with Gasteiger partial charge in [-0.05, 0) is 50.5 Å². The molecule has 0 spiro atoms. The SMILES string of the molecule is N#CCC1(N2CCC(N[C@@H]3CC3c3ccccc3)CC2)CN(C2CCC(O)CC2)C1. The van der Waals surface area contributed by atoms with Gasteiger partial charge in [-0.1, -0.05) is 30.3 Å². The zero-order valence-electron chi connectivity index (χ0n) is 18.0. The van der Waals surface area contributed by atoms with Crippen molar-refractivity contribution in [3.8, 4) is 6.07 Å². The van der Waals surface area contributed by atoms with Gasteiger partial charge in [-0.2, -0.15) is 5.26 Å². The summed E-state index contributed by atoms with van der Waals surface area (Å²) in [6, 6.07) is 15.3. The summed E-state index contributed by atoms with van der Waals surface area (Å²) in [6.45, 7) is 4.30. The Labute approximate surface area is 181 Å². The van der Waals surface area contributed by atoms with Crippen LogP contribution in [0.2, 0.25) is 0 Å². The van der Waals surface area contributed by atoms with E-state index in [1.807, 2.05) is 0 Å². The maximum atomic E-state index is 9.79. The minimum absolute atomic E-state index is 0.0714. The van der Waals surface area contributed by atoms with Crippen molar-refractivity contribution in [3.63, 3.8) is 0 Å². The molecule has 5 nitrogen and oxygen atoms in total. The number of nitrogens with zero attached hydrogens (tertiary/aromatic N) is 3. The fourth-order valence-corrected chi connectivity index (χ4v) is 6.23. The first-order valence-electron chi connectivity index (χ1n) is 12.0.